The number of nitrogens with two attached hydrogens (primary N) is 1. The van der Waals surface area contributed by atoms with E-state index in [0.717, 1.165) is 12.8 Å². The van der Waals surface area contributed by atoms with E-state index >= 15 is 0 Å². The maximum atomic E-state index is 11.3. The molecule has 0 aromatic carbocycles. The fourth-order valence-corrected chi connectivity index (χ4v) is 2.46. The van der Waals surface area contributed by atoms with Gasteiger partial charge in [-0.25, -0.2) is 0 Å². The van der Waals surface area contributed by atoms with Crippen LogP contribution in [0.25, 0.3) is 0 Å². The number of rotatable bonds is 7. The van der Waals surface area contributed by atoms with Gasteiger partial charge in [0.05, 0.1) is 6.04 Å². The highest BCUT2D eigenvalue weighted by atomic mass is 16.1. The molecule has 0 aromatic rings. The summed E-state index contributed by atoms with van der Waals surface area (Å²) in [4.78, 5) is 11.3. The number of carbonyl (C=O) groups is 1. The van der Waals surface area contributed by atoms with E-state index in [-0.39, 0.29) is 11.9 Å². The van der Waals surface area contributed by atoms with Gasteiger partial charge in [0.2, 0.25) is 5.91 Å². The van der Waals surface area contributed by atoms with Gasteiger partial charge < -0.3 is 11.1 Å². The Bertz CT molecular complexity index is 200. The monoisotopic (exact) mass is 226 g/mol. The Morgan fingerprint density at radius 1 is 1.31 bits per heavy atom. The Kier molecular flexibility index (Phi) is 6.46. The summed E-state index contributed by atoms with van der Waals surface area (Å²) < 4.78 is 0. The number of primary amides is 1. The highest BCUT2D eigenvalue weighted by molar-refractivity contribution is 5.79. The molecular formula is C13H26N2O. The fraction of sp³-hybridized carbons (Fsp3) is 0.923. The zero-order chi connectivity index (χ0) is 11.8. The number of hydrogen-bond acceptors (Lipinski definition) is 2. The quantitative estimate of drug-likeness (QED) is 0.655. The van der Waals surface area contributed by atoms with Gasteiger partial charge in [0.1, 0.15) is 0 Å². The molecule has 1 amide bonds. The van der Waals surface area contributed by atoms with Crippen LogP contribution in [0.1, 0.15) is 64.7 Å². The van der Waals surface area contributed by atoms with Crippen molar-refractivity contribution in [2.45, 2.75) is 76.8 Å². The lowest BCUT2D eigenvalue weighted by atomic mass is 9.94. The Labute approximate surface area is 99.2 Å². The molecule has 1 aliphatic rings. The van der Waals surface area contributed by atoms with Crippen molar-refractivity contribution in [1.29, 1.82) is 0 Å². The molecule has 1 atom stereocenters. The van der Waals surface area contributed by atoms with E-state index in [4.69, 9.17) is 5.73 Å². The first-order valence-electron chi connectivity index (χ1n) is 6.79. The second-order valence-corrected chi connectivity index (χ2v) is 4.95. The zero-order valence-electron chi connectivity index (χ0n) is 10.5. The second kappa shape index (κ2) is 7.66. The molecule has 0 saturated heterocycles. The SMILES string of the molecule is CCCCCC(NC1CCCCC1)C(N)=O. The lowest BCUT2D eigenvalue weighted by Gasteiger charge is -2.27. The number of carbonyl (C=O) groups excluding carboxylic acids is 1. The van der Waals surface area contributed by atoms with Gasteiger partial charge in [-0.2, -0.15) is 0 Å². The van der Waals surface area contributed by atoms with Crippen LogP contribution in [0.2, 0.25) is 0 Å². The summed E-state index contributed by atoms with van der Waals surface area (Å²) in [5.41, 5.74) is 5.43. The predicted molar refractivity (Wildman–Crippen MR) is 67.1 cm³/mol. The van der Waals surface area contributed by atoms with Gasteiger partial charge in [0.15, 0.2) is 0 Å². The number of hydrogen-bond donors (Lipinski definition) is 2. The maximum absolute atomic E-state index is 11.3. The molecule has 1 saturated carbocycles. The molecule has 0 spiro atoms. The van der Waals surface area contributed by atoms with Crippen LogP contribution in [0.4, 0.5) is 0 Å². The van der Waals surface area contributed by atoms with Crippen molar-refractivity contribution in [1.82, 2.24) is 5.32 Å². The van der Waals surface area contributed by atoms with Crippen molar-refractivity contribution < 1.29 is 4.79 Å². The maximum Gasteiger partial charge on any atom is 0.234 e. The summed E-state index contributed by atoms with van der Waals surface area (Å²) in [5.74, 6) is -0.179. The van der Waals surface area contributed by atoms with Gasteiger partial charge in [-0.1, -0.05) is 45.4 Å². The molecular weight excluding hydrogens is 200 g/mol. The summed E-state index contributed by atoms with van der Waals surface area (Å²) in [5, 5.41) is 3.44. The lowest BCUT2D eigenvalue weighted by Crippen LogP contribution is -2.47. The van der Waals surface area contributed by atoms with Crippen molar-refractivity contribution in [2.75, 3.05) is 0 Å². The highest BCUT2D eigenvalue weighted by Crippen LogP contribution is 2.18. The number of nitrogens with one attached hydrogen (secondary N) is 1. The first-order chi connectivity index (χ1) is 7.74. The summed E-state index contributed by atoms with van der Waals surface area (Å²) in [7, 11) is 0. The third kappa shape index (κ3) is 4.97. The van der Waals surface area contributed by atoms with Gasteiger partial charge in [0.25, 0.3) is 0 Å². The van der Waals surface area contributed by atoms with Crippen LogP contribution < -0.4 is 11.1 Å². The molecule has 16 heavy (non-hydrogen) atoms. The molecule has 94 valence electrons. The average Bonchev–Trinajstić information content (AvgIpc) is 2.29. The van der Waals surface area contributed by atoms with Crippen LogP contribution in [0.15, 0.2) is 0 Å². The van der Waals surface area contributed by atoms with Gasteiger partial charge in [-0.3, -0.25) is 4.79 Å². The standard InChI is InChI=1S/C13H26N2O/c1-2-3-5-10-12(13(14)16)15-11-8-6-4-7-9-11/h11-12,15H,2-10H2,1H3,(H2,14,16). The molecule has 1 rings (SSSR count). The molecule has 1 aliphatic carbocycles. The van der Waals surface area contributed by atoms with Crippen LogP contribution >= 0.6 is 0 Å². The molecule has 0 aromatic heterocycles. The third-order valence-corrected chi connectivity index (χ3v) is 3.48. The van der Waals surface area contributed by atoms with E-state index in [2.05, 4.69) is 12.2 Å². The van der Waals surface area contributed by atoms with Crippen LogP contribution in [-0.4, -0.2) is 18.0 Å². The molecule has 1 fully saturated rings. The molecule has 0 heterocycles. The van der Waals surface area contributed by atoms with Crippen LogP contribution in [0, 0.1) is 0 Å². The van der Waals surface area contributed by atoms with Crippen LogP contribution in [0.5, 0.6) is 0 Å². The van der Waals surface area contributed by atoms with Crippen molar-refractivity contribution in [3.8, 4) is 0 Å². The van der Waals surface area contributed by atoms with Crippen LogP contribution in [0.3, 0.4) is 0 Å². The van der Waals surface area contributed by atoms with E-state index in [9.17, 15) is 4.79 Å². The summed E-state index contributed by atoms with van der Waals surface area (Å²) >= 11 is 0. The first-order valence-corrected chi connectivity index (χ1v) is 6.79. The first kappa shape index (κ1) is 13.5. The van der Waals surface area contributed by atoms with E-state index in [1.807, 2.05) is 0 Å². The van der Waals surface area contributed by atoms with Crippen molar-refractivity contribution in [2.24, 2.45) is 5.73 Å². The summed E-state index contributed by atoms with van der Waals surface area (Å²) in [6, 6.07) is 0.419. The predicted octanol–water partition coefficient (Wildman–Crippen LogP) is 2.34. The second-order valence-electron chi connectivity index (χ2n) is 4.95. The highest BCUT2D eigenvalue weighted by Gasteiger charge is 2.20. The Morgan fingerprint density at radius 3 is 2.56 bits per heavy atom. The van der Waals surface area contributed by atoms with E-state index in [0.29, 0.717) is 6.04 Å². The minimum atomic E-state index is -0.179. The van der Waals surface area contributed by atoms with Gasteiger partial charge in [-0.05, 0) is 19.3 Å². The van der Waals surface area contributed by atoms with Gasteiger partial charge in [0, 0.05) is 6.04 Å². The average molecular weight is 226 g/mol. The van der Waals surface area contributed by atoms with Crippen LogP contribution in [-0.2, 0) is 4.79 Å². The topological polar surface area (TPSA) is 55.1 Å². The number of amides is 1. The smallest absolute Gasteiger partial charge is 0.234 e. The molecule has 0 bridgehead atoms. The summed E-state index contributed by atoms with van der Waals surface area (Å²) in [6.07, 6.45) is 10.7. The Hall–Kier alpha value is -0.570. The minimum Gasteiger partial charge on any atom is -0.368 e. The third-order valence-electron chi connectivity index (χ3n) is 3.48. The number of unbranched alkanes of at least 4 members (excludes halogenated alkanes) is 2. The molecule has 3 heteroatoms. The summed E-state index contributed by atoms with van der Waals surface area (Å²) in [6.45, 7) is 2.17. The molecule has 1 unspecified atom stereocenters. The minimum absolute atomic E-state index is 0.102. The Balaban J connectivity index is 2.28. The molecule has 0 radical (unpaired) electrons. The molecule has 3 N–H and O–H groups in total. The van der Waals surface area contributed by atoms with E-state index in [1.54, 1.807) is 0 Å². The van der Waals surface area contributed by atoms with Gasteiger partial charge >= 0.3 is 0 Å². The van der Waals surface area contributed by atoms with E-state index < -0.39 is 0 Å². The molecule has 3 nitrogen and oxygen atoms in total. The van der Waals surface area contributed by atoms with Gasteiger partial charge in [-0.15, -0.1) is 0 Å². The van der Waals surface area contributed by atoms with Crippen molar-refractivity contribution in [3.05, 3.63) is 0 Å². The fourth-order valence-electron chi connectivity index (χ4n) is 2.46. The van der Waals surface area contributed by atoms with E-state index in [1.165, 1.54) is 44.9 Å². The lowest BCUT2D eigenvalue weighted by molar-refractivity contribution is -0.120. The normalized spacial score (nSPS) is 19.6. The Morgan fingerprint density at radius 2 is 2.00 bits per heavy atom. The largest absolute Gasteiger partial charge is 0.368 e. The zero-order valence-corrected chi connectivity index (χ0v) is 10.5. The molecule has 0 aliphatic heterocycles. The van der Waals surface area contributed by atoms with Crippen molar-refractivity contribution in [3.63, 3.8) is 0 Å². The van der Waals surface area contributed by atoms with Crippen molar-refractivity contribution >= 4 is 5.91 Å².